The number of hydrogen-bond acceptors (Lipinski definition) is 8. The van der Waals surface area contributed by atoms with Crippen molar-refractivity contribution in [1.82, 2.24) is 29.9 Å². The van der Waals surface area contributed by atoms with E-state index in [-0.39, 0.29) is 13.1 Å². The molecule has 33 heavy (non-hydrogen) atoms. The van der Waals surface area contributed by atoms with Crippen molar-refractivity contribution in [2.75, 3.05) is 34.8 Å². The van der Waals surface area contributed by atoms with Gasteiger partial charge in [0.15, 0.2) is 11.5 Å². The second kappa shape index (κ2) is 7.96. The van der Waals surface area contributed by atoms with Gasteiger partial charge in [0.05, 0.1) is 43.7 Å². The van der Waals surface area contributed by atoms with Crippen molar-refractivity contribution < 1.29 is 13.5 Å². The van der Waals surface area contributed by atoms with Gasteiger partial charge < -0.3 is 29.8 Å². The number of ether oxygens (including phenoxy) is 1. The van der Waals surface area contributed by atoms with Crippen LogP contribution in [0.4, 0.5) is 31.9 Å². The molecule has 10 nitrogen and oxygen atoms in total. The maximum absolute atomic E-state index is 13.5. The summed E-state index contributed by atoms with van der Waals surface area (Å²) in [6.45, 7) is 1.42. The summed E-state index contributed by atoms with van der Waals surface area (Å²) in [5.41, 5.74) is 4.95. The molecule has 2 atom stereocenters. The Bertz CT molecular complexity index is 1260. The monoisotopic (exact) mass is 453 g/mol. The molecule has 6 rings (SSSR count). The molecule has 3 N–H and O–H groups in total. The van der Waals surface area contributed by atoms with Gasteiger partial charge in [-0.3, -0.25) is 0 Å². The number of imidazole rings is 2. The second-order valence-corrected chi connectivity index (χ2v) is 8.00. The van der Waals surface area contributed by atoms with E-state index in [1.165, 1.54) is 0 Å². The first kappa shape index (κ1) is 19.9. The Morgan fingerprint density at radius 1 is 0.970 bits per heavy atom. The van der Waals surface area contributed by atoms with Crippen LogP contribution in [0.3, 0.4) is 0 Å². The number of benzene rings is 1. The smallest absolute Gasteiger partial charge is 0.231 e. The van der Waals surface area contributed by atoms with Crippen molar-refractivity contribution in [3.05, 3.63) is 48.3 Å². The third kappa shape index (κ3) is 3.82. The fourth-order valence-corrected chi connectivity index (χ4v) is 4.26. The van der Waals surface area contributed by atoms with Gasteiger partial charge in [0.2, 0.25) is 18.7 Å². The molecule has 12 heteroatoms. The number of nitrogens with one attached hydrogen (secondary N) is 3. The summed E-state index contributed by atoms with van der Waals surface area (Å²) in [5, 5.41) is 3.21. The molecule has 0 bridgehead atoms. The number of aromatic nitrogens is 6. The highest BCUT2D eigenvalue weighted by Crippen LogP contribution is 2.29. The second-order valence-electron chi connectivity index (χ2n) is 8.00. The standard InChI is InChI=1S/C21H21F2N9O/c22-16-8-32(9-17(23)33-16)13-3-1-12(2-4-13)28-21-29-19-18(26-11-27-19)20(30-21)31-6-5-14-15(7-31)25-10-24-14/h1-4,10-11,16-17H,5-9H2,(H,24,25)(H2,26,27,28,29,30). The first-order valence-corrected chi connectivity index (χ1v) is 10.7. The van der Waals surface area contributed by atoms with Gasteiger partial charge in [-0.1, -0.05) is 0 Å². The topological polar surface area (TPSA) is 111 Å². The average molecular weight is 453 g/mol. The van der Waals surface area contributed by atoms with E-state index < -0.39 is 12.7 Å². The molecule has 0 aliphatic carbocycles. The largest absolute Gasteiger partial charge is 0.361 e. The minimum absolute atomic E-state index is 0.0105. The van der Waals surface area contributed by atoms with Crippen molar-refractivity contribution in [1.29, 1.82) is 0 Å². The Labute approximate surface area is 187 Å². The highest BCUT2D eigenvalue weighted by molar-refractivity contribution is 5.85. The summed E-state index contributed by atoms with van der Waals surface area (Å²) >= 11 is 0. The van der Waals surface area contributed by atoms with Crippen LogP contribution in [0.5, 0.6) is 0 Å². The lowest BCUT2D eigenvalue weighted by Gasteiger charge is -2.33. The molecular weight excluding hydrogens is 432 g/mol. The van der Waals surface area contributed by atoms with Crippen molar-refractivity contribution in [3.63, 3.8) is 0 Å². The lowest BCUT2D eigenvalue weighted by molar-refractivity contribution is -0.147. The van der Waals surface area contributed by atoms with Crippen LogP contribution < -0.4 is 15.1 Å². The SMILES string of the molecule is FC1CN(c2ccc(Nc3nc(N4CCc5nc[nH]c5C4)c4[nH]cnc4n3)cc2)CC(F)O1. The Morgan fingerprint density at radius 2 is 1.76 bits per heavy atom. The fourth-order valence-electron chi connectivity index (χ4n) is 4.26. The number of halogens is 2. The zero-order valence-electron chi connectivity index (χ0n) is 17.5. The van der Waals surface area contributed by atoms with Gasteiger partial charge in [-0.15, -0.1) is 0 Å². The molecule has 1 aromatic carbocycles. The van der Waals surface area contributed by atoms with E-state index >= 15 is 0 Å². The molecule has 0 spiro atoms. The van der Waals surface area contributed by atoms with Crippen LogP contribution in [0, 0.1) is 0 Å². The Morgan fingerprint density at radius 3 is 2.58 bits per heavy atom. The molecule has 2 aliphatic rings. The van der Waals surface area contributed by atoms with E-state index in [1.54, 1.807) is 29.7 Å². The van der Waals surface area contributed by atoms with E-state index in [9.17, 15) is 8.78 Å². The maximum atomic E-state index is 13.5. The van der Waals surface area contributed by atoms with Gasteiger partial charge >= 0.3 is 0 Å². The van der Waals surface area contributed by atoms with E-state index in [0.717, 1.165) is 41.4 Å². The number of hydrogen-bond donors (Lipinski definition) is 3. The van der Waals surface area contributed by atoms with E-state index in [0.29, 0.717) is 23.8 Å². The Kier molecular flexibility index (Phi) is 4.79. The molecule has 5 heterocycles. The molecule has 1 fully saturated rings. The number of fused-ring (bicyclic) bond motifs is 2. The molecule has 0 amide bonds. The van der Waals surface area contributed by atoms with E-state index in [2.05, 4.69) is 39.9 Å². The molecule has 0 saturated carbocycles. The first-order chi connectivity index (χ1) is 16.1. The van der Waals surface area contributed by atoms with Crippen LogP contribution in [0.25, 0.3) is 11.2 Å². The summed E-state index contributed by atoms with van der Waals surface area (Å²) in [7, 11) is 0. The third-order valence-electron chi connectivity index (χ3n) is 5.85. The number of anilines is 4. The lowest BCUT2D eigenvalue weighted by Crippen LogP contribution is -2.44. The van der Waals surface area contributed by atoms with Crippen molar-refractivity contribution in [2.45, 2.75) is 25.7 Å². The van der Waals surface area contributed by atoms with Gasteiger partial charge in [-0.25, -0.2) is 18.7 Å². The van der Waals surface area contributed by atoms with Crippen molar-refractivity contribution in [2.24, 2.45) is 0 Å². The maximum Gasteiger partial charge on any atom is 0.231 e. The molecule has 2 unspecified atom stereocenters. The number of alkyl halides is 2. The molecule has 1 saturated heterocycles. The highest BCUT2D eigenvalue weighted by atomic mass is 19.2. The van der Waals surface area contributed by atoms with Crippen LogP contribution in [-0.2, 0) is 17.7 Å². The van der Waals surface area contributed by atoms with Crippen molar-refractivity contribution >= 4 is 34.3 Å². The van der Waals surface area contributed by atoms with E-state index in [1.807, 2.05) is 12.1 Å². The lowest BCUT2D eigenvalue weighted by atomic mass is 10.1. The normalized spacial score (nSPS) is 20.8. The number of morpholine rings is 1. The summed E-state index contributed by atoms with van der Waals surface area (Å²) in [5.74, 6) is 1.17. The molecular formula is C21H21F2N9O. The van der Waals surface area contributed by atoms with Gasteiger partial charge in [-0.2, -0.15) is 9.97 Å². The minimum atomic E-state index is -1.65. The fraction of sp³-hybridized carbons (Fsp3) is 0.333. The molecule has 4 aromatic rings. The summed E-state index contributed by atoms with van der Waals surface area (Å²) in [4.78, 5) is 28.1. The molecule has 170 valence electrons. The van der Waals surface area contributed by atoms with Crippen LogP contribution in [0.1, 0.15) is 11.4 Å². The van der Waals surface area contributed by atoms with Gasteiger partial charge in [0.25, 0.3) is 0 Å². The quantitative estimate of drug-likeness (QED) is 0.433. The van der Waals surface area contributed by atoms with Crippen molar-refractivity contribution in [3.8, 4) is 0 Å². The third-order valence-corrected chi connectivity index (χ3v) is 5.85. The summed E-state index contributed by atoms with van der Waals surface area (Å²) in [6, 6.07) is 7.23. The first-order valence-electron chi connectivity index (χ1n) is 10.7. The van der Waals surface area contributed by atoms with Crippen LogP contribution in [0.2, 0.25) is 0 Å². The zero-order valence-corrected chi connectivity index (χ0v) is 17.5. The molecule has 3 aromatic heterocycles. The average Bonchev–Trinajstić information content (AvgIpc) is 3.47. The van der Waals surface area contributed by atoms with E-state index in [4.69, 9.17) is 4.98 Å². The predicted octanol–water partition coefficient (Wildman–Crippen LogP) is 2.81. The number of nitrogens with zero attached hydrogens (tertiary/aromatic N) is 6. The summed E-state index contributed by atoms with van der Waals surface area (Å²) in [6.07, 6.45) is 0.850. The Hall–Kier alpha value is -3.80. The zero-order chi connectivity index (χ0) is 22.4. The predicted molar refractivity (Wildman–Crippen MR) is 118 cm³/mol. The number of aromatic amines is 2. The van der Waals surface area contributed by atoms with Crippen LogP contribution in [0.15, 0.2) is 36.9 Å². The number of H-pyrrole nitrogens is 2. The van der Waals surface area contributed by atoms with Gasteiger partial charge in [0, 0.05) is 24.3 Å². The summed E-state index contributed by atoms with van der Waals surface area (Å²) < 4.78 is 31.6. The Balaban J connectivity index is 1.24. The van der Waals surface area contributed by atoms with Gasteiger partial charge in [-0.05, 0) is 24.3 Å². The number of rotatable bonds is 4. The van der Waals surface area contributed by atoms with Gasteiger partial charge in [0.1, 0.15) is 5.52 Å². The van der Waals surface area contributed by atoms with Crippen LogP contribution >= 0.6 is 0 Å². The minimum Gasteiger partial charge on any atom is -0.361 e. The molecule has 0 radical (unpaired) electrons. The highest BCUT2D eigenvalue weighted by Gasteiger charge is 2.27. The molecule has 2 aliphatic heterocycles. The van der Waals surface area contributed by atoms with Crippen LogP contribution in [-0.4, -0.2) is 62.3 Å².